The van der Waals surface area contributed by atoms with E-state index < -0.39 is 5.41 Å². The van der Waals surface area contributed by atoms with Gasteiger partial charge >= 0.3 is 0 Å². The predicted octanol–water partition coefficient (Wildman–Crippen LogP) is 15.4. The molecule has 9 aromatic carbocycles. The maximum Gasteiger partial charge on any atom is 0.194 e. The van der Waals surface area contributed by atoms with Gasteiger partial charge in [0.15, 0.2) is 23.0 Å². The summed E-state index contributed by atoms with van der Waals surface area (Å²) in [5, 5.41) is 0. The van der Waals surface area contributed by atoms with Gasteiger partial charge in [-0.1, -0.05) is 172 Å². The van der Waals surface area contributed by atoms with Gasteiger partial charge < -0.3 is 14.4 Å². The Kier molecular flexibility index (Phi) is 6.99. The van der Waals surface area contributed by atoms with E-state index in [1.54, 1.807) is 0 Å². The van der Waals surface area contributed by atoms with Crippen molar-refractivity contribution in [2.75, 3.05) is 4.90 Å². The number of para-hydroxylation sites is 1. The lowest BCUT2D eigenvalue weighted by molar-refractivity contribution is 0.355. The first-order chi connectivity index (χ1) is 30.0. The number of anilines is 3. The Bertz CT molecular complexity index is 3240. The Morgan fingerprint density at radius 2 is 0.869 bits per heavy atom. The molecule has 4 aliphatic rings. The Labute approximate surface area is 355 Å². The number of hydrogen-bond acceptors (Lipinski definition) is 3. The predicted molar refractivity (Wildman–Crippen MR) is 247 cm³/mol. The van der Waals surface area contributed by atoms with Gasteiger partial charge in [-0.15, -0.1) is 0 Å². The maximum absolute atomic E-state index is 7.32. The second kappa shape index (κ2) is 12.5. The molecule has 0 aromatic heterocycles. The summed E-state index contributed by atoms with van der Waals surface area (Å²) < 4.78 is 14.6. The molecule has 0 unspecified atom stereocenters. The fraction of sp³-hybridized carbons (Fsp3) is 0.0690. The van der Waals surface area contributed by atoms with Crippen molar-refractivity contribution >= 4 is 17.1 Å². The molecule has 3 nitrogen and oxygen atoms in total. The molecule has 3 heteroatoms. The van der Waals surface area contributed by atoms with Gasteiger partial charge in [-0.25, -0.2) is 0 Å². The van der Waals surface area contributed by atoms with Crippen molar-refractivity contribution in [3.05, 3.63) is 234 Å². The van der Waals surface area contributed by atoms with Crippen molar-refractivity contribution in [1.29, 1.82) is 0 Å². The van der Waals surface area contributed by atoms with E-state index in [9.17, 15) is 0 Å². The first-order valence-electron chi connectivity index (χ1n) is 21.2. The van der Waals surface area contributed by atoms with Gasteiger partial charge in [0.05, 0.1) is 11.1 Å². The van der Waals surface area contributed by atoms with Gasteiger partial charge in [-0.2, -0.15) is 0 Å². The number of hydrogen-bond donors (Lipinski definition) is 0. The summed E-state index contributed by atoms with van der Waals surface area (Å²) in [5.74, 6) is 2.83. The van der Waals surface area contributed by atoms with Crippen LogP contribution in [0.3, 0.4) is 0 Å². The smallest absolute Gasteiger partial charge is 0.194 e. The minimum Gasteiger partial charge on any atom is -0.449 e. The monoisotopic (exact) mass is 781 g/mol. The van der Waals surface area contributed by atoms with Crippen molar-refractivity contribution < 1.29 is 9.47 Å². The number of rotatable bonds is 4. The number of ether oxygens (including phenoxy) is 2. The van der Waals surface area contributed by atoms with Crippen LogP contribution < -0.4 is 14.4 Å². The fourth-order valence-electron chi connectivity index (χ4n) is 11.1. The van der Waals surface area contributed by atoms with Crippen LogP contribution in [0.2, 0.25) is 0 Å². The highest BCUT2D eigenvalue weighted by molar-refractivity contribution is 5.98. The first-order valence-corrected chi connectivity index (χ1v) is 21.2. The van der Waals surface area contributed by atoms with Crippen molar-refractivity contribution in [3.63, 3.8) is 0 Å². The third kappa shape index (κ3) is 4.58. The van der Waals surface area contributed by atoms with Crippen LogP contribution in [0.25, 0.3) is 44.5 Å². The van der Waals surface area contributed by atoms with E-state index in [0.29, 0.717) is 17.2 Å². The Morgan fingerprint density at radius 1 is 0.361 bits per heavy atom. The van der Waals surface area contributed by atoms with Gasteiger partial charge in [0.2, 0.25) is 0 Å². The SMILES string of the molecule is CC1(C)c2ccccc2-c2ccc(N(c3cccc(-c4ccccc4)c3)c3cccc4c3Oc3ccc5c(c3O4)C3(c4ccccc4-c4ccccc43)c3ccccc3-5)cc21. The Balaban J connectivity index is 1.01. The third-order valence-corrected chi connectivity index (χ3v) is 13.7. The van der Waals surface area contributed by atoms with Gasteiger partial charge in [0.1, 0.15) is 0 Å². The molecule has 9 aromatic rings. The second-order valence-electron chi connectivity index (χ2n) is 17.2. The van der Waals surface area contributed by atoms with E-state index in [1.807, 2.05) is 6.07 Å². The molecule has 0 saturated heterocycles. The largest absolute Gasteiger partial charge is 0.449 e. The zero-order valence-electron chi connectivity index (χ0n) is 33.8. The molecule has 0 bridgehead atoms. The molecular weight excluding hydrogens is 743 g/mol. The van der Waals surface area contributed by atoms with Crippen LogP contribution in [0.1, 0.15) is 47.2 Å². The van der Waals surface area contributed by atoms with Crippen LogP contribution in [-0.2, 0) is 10.8 Å². The maximum atomic E-state index is 7.32. The third-order valence-electron chi connectivity index (χ3n) is 13.7. The topological polar surface area (TPSA) is 21.7 Å². The molecule has 288 valence electrons. The van der Waals surface area contributed by atoms with Gasteiger partial charge in [0.25, 0.3) is 0 Å². The van der Waals surface area contributed by atoms with Crippen LogP contribution in [0.4, 0.5) is 17.1 Å². The second-order valence-corrected chi connectivity index (χ2v) is 17.2. The number of fused-ring (bicyclic) bond motifs is 16. The number of nitrogens with zero attached hydrogens (tertiary/aromatic N) is 1. The molecule has 13 rings (SSSR count). The average Bonchev–Trinajstić information content (AvgIpc) is 3.87. The summed E-state index contributed by atoms with van der Waals surface area (Å²) in [6.07, 6.45) is 0. The lowest BCUT2D eigenvalue weighted by atomic mass is 9.70. The molecule has 0 radical (unpaired) electrons. The van der Waals surface area contributed by atoms with Crippen LogP contribution in [0, 0.1) is 0 Å². The molecule has 0 atom stereocenters. The van der Waals surface area contributed by atoms with Gasteiger partial charge in [-0.3, -0.25) is 0 Å². The van der Waals surface area contributed by atoms with E-state index in [0.717, 1.165) is 39.5 Å². The summed E-state index contributed by atoms with van der Waals surface area (Å²) in [4.78, 5) is 2.34. The van der Waals surface area contributed by atoms with Crippen molar-refractivity contribution in [2.24, 2.45) is 0 Å². The van der Waals surface area contributed by atoms with Crippen LogP contribution in [-0.4, -0.2) is 0 Å². The van der Waals surface area contributed by atoms with Crippen molar-refractivity contribution in [1.82, 2.24) is 0 Å². The van der Waals surface area contributed by atoms with Crippen molar-refractivity contribution in [2.45, 2.75) is 24.7 Å². The summed E-state index contributed by atoms with van der Waals surface area (Å²) in [7, 11) is 0. The van der Waals surface area contributed by atoms with E-state index in [4.69, 9.17) is 9.47 Å². The molecule has 0 amide bonds. The van der Waals surface area contributed by atoms with E-state index in [-0.39, 0.29) is 5.41 Å². The molecule has 61 heavy (non-hydrogen) atoms. The zero-order chi connectivity index (χ0) is 40.5. The van der Waals surface area contributed by atoms with Gasteiger partial charge in [0, 0.05) is 22.4 Å². The summed E-state index contributed by atoms with van der Waals surface area (Å²) in [5.41, 5.74) is 19.6. The van der Waals surface area contributed by atoms with Gasteiger partial charge in [-0.05, 0) is 115 Å². The number of benzene rings is 9. The molecule has 0 saturated carbocycles. The Hall–Kier alpha value is -7.62. The highest BCUT2D eigenvalue weighted by Gasteiger charge is 2.54. The summed E-state index contributed by atoms with van der Waals surface area (Å²) >= 11 is 0. The van der Waals surface area contributed by atoms with Crippen LogP contribution >= 0.6 is 0 Å². The highest BCUT2D eigenvalue weighted by Crippen LogP contribution is 2.67. The molecule has 0 fully saturated rings. The molecular formula is C58H39NO2. The van der Waals surface area contributed by atoms with E-state index in [1.165, 1.54) is 61.2 Å². The first kappa shape index (κ1) is 34.3. The molecule has 1 spiro atoms. The Morgan fingerprint density at radius 3 is 1.57 bits per heavy atom. The van der Waals surface area contributed by atoms with Crippen LogP contribution in [0.5, 0.6) is 23.0 Å². The normalized spacial score (nSPS) is 14.6. The molecule has 1 aliphatic heterocycles. The summed E-state index contributed by atoms with van der Waals surface area (Å²) in [6.45, 7) is 4.68. The van der Waals surface area contributed by atoms with Crippen LogP contribution in [0.15, 0.2) is 200 Å². The van der Waals surface area contributed by atoms with E-state index in [2.05, 4.69) is 213 Å². The van der Waals surface area contributed by atoms with E-state index >= 15 is 0 Å². The quantitative estimate of drug-likeness (QED) is 0.177. The zero-order valence-corrected chi connectivity index (χ0v) is 33.8. The minimum absolute atomic E-state index is 0.167. The lowest BCUT2D eigenvalue weighted by Gasteiger charge is -2.35. The molecule has 0 N–H and O–H groups in total. The lowest BCUT2D eigenvalue weighted by Crippen LogP contribution is -2.27. The summed E-state index contributed by atoms with van der Waals surface area (Å²) in [6, 6.07) is 72.4. The fourth-order valence-corrected chi connectivity index (χ4v) is 11.1. The molecule has 1 heterocycles. The average molecular weight is 782 g/mol. The van der Waals surface area contributed by atoms with Crippen molar-refractivity contribution in [3.8, 4) is 67.5 Å². The highest BCUT2D eigenvalue weighted by atomic mass is 16.6. The standard InChI is InChI=1S/C58H39NO2/c1-57(2)46-24-10-6-20-40(46)44-31-30-39(35-50(44)57)59(38-19-14-18-37(34-38)36-16-4-3-5-17-36)51-28-15-29-52-55(51)60-53-33-32-45-43-23-9-13-27-49(43)58(54(45)56(53)61-52)47-25-11-7-21-41(47)42-22-8-12-26-48(42)58/h3-35H,1-2H3. The minimum atomic E-state index is -0.568. The molecule has 3 aliphatic carbocycles.